The molecule has 0 atom stereocenters. The van der Waals surface area contributed by atoms with Crippen molar-refractivity contribution in [1.29, 1.82) is 0 Å². The number of benzene rings is 3. The molecule has 0 aliphatic carbocycles. The molecule has 2 fully saturated rings. The monoisotopic (exact) mass is 709 g/mol. The highest BCUT2D eigenvalue weighted by molar-refractivity contribution is 6.30. The van der Waals surface area contributed by atoms with Crippen LogP contribution in [-0.2, 0) is 30.1 Å². The van der Waals surface area contributed by atoms with Crippen LogP contribution in [0.2, 0.25) is 5.02 Å². The van der Waals surface area contributed by atoms with E-state index >= 15 is 0 Å². The van der Waals surface area contributed by atoms with Crippen molar-refractivity contribution in [1.82, 2.24) is 15.1 Å². The molecule has 0 spiro atoms. The molecule has 2 N–H and O–H groups in total. The van der Waals surface area contributed by atoms with Gasteiger partial charge in [0.2, 0.25) is 11.8 Å². The number of esters is 1. The lowest BCUT2D eigenvalue weighted by atomic mass is 9.71. The summed E-state index contributed by atoms with van der Waals surface area (Å²) in [6.07, 6.45) is 3.94. The third kappa shape index (κ3) is 9.85. The van der Waals surface area contributed by atoms with Crippen LogP contribution < -0.4 is 5.32 Å². The van der Waals surface area contributed by atoms with Crippen LogP contribution in [0.3, 0.4) is 0 Å². The van der Waals surface area contributed by atoms with Crippen LogP contribution in [0, 0.1) is 5.92 Å². The number of hydrogen-bond acceptors (Lipinski definition) is 6. The molecule has 0 aromatic heterocycles. The SMILES string of the molecule is CCOC(=O)CC(=O)N1CCC(C(=O)NCC(CCCN2CCC(O)(c3ccc(Cl)cc3)CC2)(c2ccccc2)c2ccccc2)CC1.Cl. The number of carbonyl (C=O) groups is 3. The zero-order valence-electron chi connectivity index (χ0n) is 28.3. The molecule has 10 heteroatoms. The van der Waals surface area contributed by atoms with Gasteiger partial charge in [-0.2, -0.15) is 0 Å². The summed E-state index contributed by atoms with van der Waals surface area (Å²) in [7, 11) is 0. The lowest BCUT2D eigenvalue weighted by Crippen LogP contribution is -2.47. The topological polar surface area (TPSA) is 99.2 Å². The Balaban J connectivity index is 0.00000541. The summed E-state index contributed by atoms with van der Waals surface area (Å²) < 4.78 is 4.92. The second kappa shape index (κ2) is 18.0. The van der Waals surface area contributed by atoms with E-state index in [1.807, 2.05) is 36.4 Å². The summed E-state index contributed by atoms with van der Waals surface area (Å²) in [6, 6.07) is 28.4. The van der Waals surface area contributed by atoms with Gasteiger partial charge in [-0.15, -0.1) is 12.4 Å². The van der Waals surface area contributed by atoms with E-state index < -0.39 is 17.0 Å². The highest BCUT2D eigenvalue weighted by Gasteiger charge is 2.37. The van der Waals surface area contributed by atoms with Crippen molar-refractivity contribution in [2.75, 3.05) is 45.9 Å². The average molecular weight is 711 g/mol. The van der Waals surface area contributed by atoms with E-state index in [0.717, 1.165) is 49.2 Å². The molecule has 5 rings (SSSR count). The first-order valence-electron chi connectivity index (χ1n) is 17.3. The van der Waals surface area contributed by atoms with Gasteiger partial charge in [-0.3, -0.25) is 14.4 Å². The maximum Gasteiger partial charge on any atom is 0.315 e. The van der Waals surface area contributed by atoms with E-state index in [2.05, 4.69) is 58.7 Å². The van der Waals surface area contributed by atoms with E-state index in [1.54, 1.807) is 11.8 Å². The van der Waals surface area contributed by atoms with Crippen LogP contribution in [0.15, 0.2) is 84.9 Å². The quantitative estimate of drug-likeness (QED) is 0.164. The summed E-state index contributed by atoms with van der Waals surface area (Å²) >= 11 is 6.08. The maximum atomic E-state index is 13.6. The van der Waals surface area contributed by atoms with Crippen molar-refractivity contribution in [2.24, 2.45) is 5.92 Å². The molecule has 2 amide bonds. The molecule has 0 unspecified atom stereocenters. The van der Waals surface area contributed by atoms with Crippen molar-refractivity contribution < 1.29 is 24.2 Å². The number of aliphatic hydroxyl groups is 1. The number of nitrogens with one attached hydrogen (secondary N) is 1. The summed E-state index contributed by atoms with van der Waals surface area (Å²) in [6.45, 7) is 5.82. The van der Waals surface area contributed by atoms with Gasteiger partial charge in [0.25, 0.3) is 0 Å². The van der Waals surface area contributed by atoms with Crippen molar-refractivity contribution >= 4 is 41.8 Å². The predicted octanol–water partition coefficient (Wildman–Crippen LogP) is 6.12. The number of ether oxygens (including phenoxy) is 1. The van der Waals surface area contributed by atoms with Gasteiger partial charge in [-0.25, -0.2) is 0 Å². The van der Waals surface area contributed by atoms with Gasteiger partial charge in [-0.1, -0.05) is 84.4 Å². The Morgan fingerprint density at radius 2 is 1.47 bits per heavy atom. The number of nitrogens with zero attached hydrogens (tertiary/aromatic N) is 2. The smallest absolute Gasteiger partial charge is 0.315 e. The fourth-order valence-electron chi connectivity index (χ4n) is 7.28. The van der Waals surface area contributed by atoms with E-state index in [4.69, 9.17) is 16.3 Å². The number of likely N-dealkylation sites (tertiary alicyclic amines) is 2. The van der Waals surface area contributed by atoms with Crippen LogP contribution in [0.1, 0.15) is 68.6 Å². The Morgan fingerprint density at radius 3 is 2.02 bits per heavy atom. The van der Waals surface area contributed by atoms with Gasteiger partial charge in [0, 0.05) is 49.1 Å². The predicted molar refractivity (Wildman–Crippen MR) is 195 cm³/mol. The molecule has 49 heavy (non-hydrogen) atoms. The number of halogens is 2. The molecule has 0 radical (unpaired) electrons. The normalized spacial score (nSPS) is 16.8. The van der Waals surface area contributed by atoms with Gasteiger partial charge in [-0.05, 0) is 80.8 Å². The lowest BCUT2D eigenvalue weighted by Gasteiger charge is -2.40. The Hall–Kier alpha value is -3.43. The molecular weight excluding hydrogens is 661 g/mol. The lowest BCUT2D eigenvalue weighted by molar-refractivity contribution is -0.149. The molecule has 2 saturated heterocycles. The second-order valence-corrected chi connectivity index (χ2v) is 13.6. The molecule has 3 aromatic rings. The molecule has 2 aliphatic heterocycles. The maximum absolute atomic E-state index is 13.6. The van der Waals surface area contributed by atoms with E-state index in [0.29, 0.717) is 50.3 Å². The van der Waals surface area contributed by atoms with Crippen LogP contribution in [0.25, 0.3) is 0 Å². The molecule has 8 nitrogen and oxygen atoms in total. The van der Waals surface area contributed by atoms with Gasteiger partial charge < -0.3 is 25.0 Å². The molecule has 3 aromatic carbocycles. The first-order valence-corrected chi connectivity index (χ1v) is 17.6. The van der Waals surface area contributed by atoms with Crippen LogP contribution in [0.4, 0.5) is 0 Å². The number of piperidine rings is 2. The largest absolute Gasteiger partial charge is 0.466 e. The van der Waals surface area contributed by atoms with E-state index in [9.17, 15) is 19.5 Å². The summed E-state index contributed by atoms with van der Waals surface area (Å²) in [5, 5.41) is 15.4. The fourth-order valence-corrected chi connectivity index (χ4v) is 7.41. The third-order valence-corrected chi connectivity index (χ3v) is 10.4. The summed E-state index contributed by atoms with van der Waals surface area (Å²) in [4.78, 5) is 42.1. The van der Waals surface area contributed by atoms with Crippen molar-refractivity contribution in [3.05, 3.63) is 107 Å². The van der Waals surface area contributed by atoms with Crippen molar-refractivity contribution in [3.63, 3.8) is 0 Å². The standard InChI is InChI=1S/C39H48ClN3O5.ClH/c1-2-48-36(45)28-35(44)43-24-18-30(19-25-43)37(46)41-29-38(31-10-5-3-6-11-31,32-12-7-4-8-13-32)20-9-23-42-26-21-39(47,22-27-42)33-14-16-34(40)17-15-33;/h3-8,10-17,30,47H,2,9,18-29H2,1H3,(H,41,46);1H. The molecule has 2 aliphatic rings. The zero-order valence-corrected chi connectivity index (χ0v) is 29.9. The van der Waals surface area contributed by atoms with Crippen LogP contribution in [-0.4, -0.2) is 78.6 Å². The van der Waals surface area contributed by atoms with Gasteiger partial charge >= 0.3 is 5.97 Å². The van der Waals surface area contributed by atoms with Crippen molar-refractivity contribution in [2.45, 2.75) is 62.9 Å². The van der Waals surface area contributed by atoms with Gasteiger partial charge in [0.05, 0.1) is 12.2 Å². The molecule has 0 saturated carbocycles. The molecule has 0 bridgehead atoms. The van der Waals surface area contributed by atoms with Gasteiger partial charge in [0.15, 0.2) is 0 Å². The summed E-state index contributed by atoms with van der Waals surface area (Å²) in [5.74, 6) is -0.960. The van der Waals surface area contributed by atoms with E-state index in [1.165, 1.54) is 0 Å². The first kappa shape index (κ1) is 38.4. The Labute approximate surface area is 301 Å². The van der Waals surface area contributed by atoms with Crippen LogP contribution >= 0.6 is 24.0 Å². The van der Waals surface area contributed by atoms with Gasteiger partial charge in [0.1, 0.15) is 6.42 Å². The minimum Gasteiger partial charge on any atom is -0.466 e. The fraction of sp³-hybridized carbons (Fsp3) is 0.462. The van der Waals surface area contributed by atoms with Crippen molar-refractivity contribution in [3.8, 4) is 0 Å². The highest BCUT2D eigenvalue weighted by atomic mass is 35.5. The summed E-state index contributed by atoms with van der Waals surface area (Å²) in [5.41, 5.74) is 1.96. The highest BCUT2D eigenvalue weighted by Crippen LogP contribution is 2.38. The number of rotatable bonds is 13. The Kier molecular flexibility index (Phi) is 14.1. The van der Waals surface area contributed by atoms with Crippen LogP contribution in [0.5, 0.6) is 0 Å². The first-order chi connectivity index (χ1) is 23.2. The Morgan fingerprint density at radius 1 is 0.898 bits per heavy atom. The average Bonchev–Trinajstić information content (AvgIpc) is 3.11. The number of amides is 2. The third-order valence-electron chi connectivity index (χ3n) is 10.2. The molecular formula is C39H49Cl2N3O5. The Bertz CT molecular complexity index is 1450. The second-order valence-electron chi connectivity index (χ2n) is 13.2. The minimum atomic E-state index is -0.840. The minimum absolute atomic E-state index is 0. The molecule has 264 valence electrons. The van der Waals surface area contributed by atoms with E-state index in [-0.39, 0.29) is 43.2 Å². The molecule has 2 heterocycles. The zero-order chi connectivity index (χ0) is 34.0. The number of carbonyl (C=O) groups excluding carboxylic acids is 3. The number of hydrogen-bond donors (Lipinski definition) is 2.